The predicted molar refractivity (Wildman–Crippen MR) is 87.1 cm³/mol. The minimum Gasteiger partial charge on any atom is -0.303 e. The molecule has 0 spiro atoms. The van der Waals surface area contributed by atoms with Gasteiger partial charge in [-0.2, -0.15) is 12.6 Å². The van der Waals surface area contributed by atoms with Gasteiger partial charge in [-0.15, -0.1) is 0 Å². The van der Waals surface area contributed by atoms with Crippen LogP contribution in [0, 0.1) is 5.92 Å². The second-order valence-electron chi connectivity index (χ2n) is 6.14. The zero-order valence-corrected chi connectivity index (χ0v) is 13.2. The monoisotopic (exact) mass is 277 g/mol. The minimum atomic E-state index is 0.550. The fraction of sp³-hybridized carbons (Fsp3) is 0.647. The lowest BCUT2D eigenvalue weighted by Crippen LogP contribution is -2.37. The molecule has 1 aromatic carbocycles. The van der Waals surface area contributed by atoms with Crippen molar-refractivity contribution in [1.29, 1.82) is 0 Å². The maximum atomic E-state index is 4.55. The van der Waals surface area contributed by atoms with E-state index in [0.717, 1.165) is 24.3 Å². The molecule has 1 fully saturated rings. The molecule has 1 aliphatic carbocycles. The Hall–Kier alpha value is -0.470. The Morgan fingerprint density at radius 3 is 2.37 bits per heavy atom. The largest absolute Gasteiger partial charge is 0.303 e. The van der Waals surface area contributed by atoms with Gasteiger partial charge >= 0.3 is 0 Å². The Morgan fingerprint density at radius 2 is 1.79 bits per heavy atom. The number of benzene rings is 1. The third-order valence-corrected chi connectivity index (χ3v) is 5.05. The molecule has 1 aliphatic rings. The van der Waals surface area contributed by atoms with Gasteiger partial charge in [0.15, 0.2) is 0 Å². The van der Waals surface area contributed by atoms with Gasteiger partial charge in [0.05, 0.1) is 0 Å². The number of hydrogen-bond acceptors (Lipinski definition) is 2. The van der Waals surface area contributed by atoms with Crippen LogP contribution in [0.15, 0.2) is 30.3 Å². The fourth-order valence-corrected chi connectivity index (χ4v) is 3.50. The maximum absolute atomic E-state index is 4.55. The van der Waals surface area contributed by atoms with Gasteiger partial charge in [0, 0.05) is 18.5 Å². The van der Waals surface area contributed by atoms with Crippen molar-refractivity contribution in [3.63, 3.8) is 0 Å². The number of hydrogen-bond donors (Lipinski definition) is 1. The van der Waals surface area contributed by atoms with E-state index in [1.807, 2.05) is 0 Å². The predicted octanol–water partition coefficient (Wildman–Crippen LogP) is 4.21. The van der Waals surface area contributed by atoms with E-state index in [1.54, 1.807) is 0 Å². The molecule has 0 amide bonds. The summed E-state index contributed by atoms with van der Waals surface area (Å²) in [7, 11) is 2.29. The van der Waals surface area contributed by atoms with E-state index in [1.165, 1.54) is 31.2 Å². The van der Waals surface area contributed by atoms with E-state index in [-0.39, 0.29) is 0 Å². The van der Waals surface area contributed by atoms with Gasteiger partial charge in [-0.3, -0.25) is 0 Å². The summed E-state index contributed by atoms with van der Waals surface area (Å²) >= 11 is 4.55. The van der Waals surface area contributed by atoms with E-state index in [4.69, 9.17) is 0 Å². The molecule has 0 aromatic heterocycles. The van der Waals surface area contributed by atoms with Gasteiger partial charge in [0.2, 0.25) is 0 Å². The second kappa shape index (κ2) is 7.35. The smallest absolute Gasteiger partial charge is 0.00926 e. The molecule has 0 aliphatic heterocycles. The average Bonchev–Trinajstić information content (AvgIpc) is 2.46. The molecule has 2 rings (SSSR count). The van der Waals surface area contributed by atoms with Crippen LogP contribution in [0.5, 0.6) is 0 Å². The van der Waals surface area contributed by atoms with Gasteiger partial charge < -0.3 is 4.90 Å². The standard InChI is InChI=1S/C17H27NS/c1-14-8-10-17(11-9-14)18(2)12-16(13-19)15-6-4-3-5-7-15/h3-7,14,16-17,19H,8-13H2,1-2H3. The summed E-state index contributed by atoms with van der Waals surface area (Å²) < 4.78 is 0. The van der Waals surface area contributed by atoms with Crippen LogP contribution in [0.2, 0.25) is 0 Å². The second-order valence-corrected chi connectivity index (χ2v) is 6.51. The first kappa shape index (κ1) is 14.9. The summed E-state index contributed by atoms with van der Waals surface area (Å²) in [4.78, 5) is 2.57. The Kier molecular flexibility index (Phi) is 5.77. The van der Waals surface area contributed by atoms with E-state index in [2.05, 4.69) is 61.8 Å². The van der Waals surface area contributed by atoms with Crippen LogP contribution >= 0.6 is 12.6 Å². The van der Waals surface area contributed by atoms with Gasteiger partial charge in [0.1, 0.15) is 0 Å². The molecule has 0 saturated heterocycles. The van der Waals surface area contributed by atoms with Crippen molar-refractivity contribution in [3.05, 3.63) is 35.9 Å². The molecule has 0 N–H and O–H groups in total. The molecule has 1 aromatic rings. The van der Waals surface area contributed by atoms with Crippen LogP contribution in [0.1, 0.15) is 44.1 Å². The molecule has 1 atom stereocenters. The highest BCUT2D eigenvalue weighted by Crippen LogP contribution is 2.28. The number of rotatable bonds is 5. The van der Waals surface area contributed by atoms with Crippen molar-refractivity contribution >= 4 is 12.6 Å². The molecule has 2 heteroatoms. The zero-order valence-electron chi connectivity index (χ0n) is 12.3. The summed E-state index contributed by atoms with van der Waals surface area (Å²) in [5, 5.41) is 0. The molecular formula is C17H27NS. The van der Waals surface area contributed by atoms with Crippen molar-refractivity contribution in [2.24, 2.45) is 5.92 Å². The molecule has 19 heavy (non-hydrogen) atoms. The first-order valence-electron chi connectivity index (χ1n) is 7.56. The lowest BCUT2D eigenvalue weighted by molar-refractivity contribution is 0.165. The zero-order chi connectivity index (χ0) is 13.7. The number of thiol groups is 1. The topological polar surface area (TPSA) is 3.24 Å². The molecule has 0 bridgehead atoms. The van der Waals surface area contributed by atoms with Crippen molar-refractivity contribution in [2.45, 2.75) is 44.6 Å². The summed E-state index contributed by atoms with van der Waals surface area (Å²) in [6.45, 7) is 3.52. The Morgan fingerprint density at radius 1 is 1.16 bits per heavy atom. The van der Waals surface area contributed by atoms with E-state index >= 15 is 0 Å². The van der Waals surface area contributed by atoms with Crippen molar-refractivity contribution in [2.75, 3.05) is 19.3 Å². The maximum Gasteiger partial charge on any atom is 0.00926 e. The van der Waals surface area contributed by atoms with Gasteiger partial charge in [-0.25, -0.2) is 0 Å². The minimum absolute atomic E-state index is 0.550. The van der Waals surface area contributed by atoms with Gasteiger partial charge in [-0.1, -0.05) is 37.3 Å². The molecular weight excluding hydrogens is 250 g/mol. The molecule has 0 heterocycles. The highest BCUT2D eigenvalue weighted by molar-refractivity contribution is 7.80. The Balaban J connectivity index is 1.91. The Labute approximate surface area is 123 Å². The van der Waals surface area contributed by atoms with E-state index in [9.17, 15) is 0 Å². The fourth-order valence-electron chi connectivity index (χ4n) is 3.17. The van der Waals surface area contributed by atoms with Gasteiger partial charge in [0.25, 0.3) is 0 Å². The summed E-state index contributed by atoms with van der Waals surface area (Å²) in [6, 6.07) is 11.6. The molecule has 1 unspecified atom stereocenters. The van der Waals surface area contributed by atoms with Gasteiger partial charge in [-0.05, 0) is 50.0 Å². The normalized spacial score (nSPS) is 25.5. The molecule has 106 valence electrons. The van der Waals surface area contributed by atoms with Crippen LogP contribution in [0.3, 0.4) is 0 Å². The summed E-state index contributed by atoms with van der Waals surface area (Å²) in [5.74, 6) is 2.41. The molecule has 1 nitrogen and oxygen atoms in total. The highest BCUT2D eigenvalue weighted by atomic mass is 32.1. The Bertz CT molecular complexity index is 357. The quantitative estimate of drug-likeness (QED) is 0.789. The third-order valence-electron chi connectivity index (χ3n) is 4.61. The van der Waals surface area contributed by atoms with Crippen LogP contribution in [0.4, 0.5) is 0 Å². The van der Waals surface area contributed by atoms with E-state index in [0.29, 0.717) is 5.92 Å². The first-order chi connectivity index (χ1) is 9.20. The lowest BCUT2D eigenvalue weighted by atomic mass is 9.86. The average molecular weight is 277 g/mol. The van der Waals surface area contributed by atoms with Crippen LogP contribution < -0.4 is 0 Å². The summed E-state index contributed by atoms with van der Waals surface area (Å²) in [5.41, 5.74) is 1.42. The van der Waals surface area contributed by atoms with E-state index < -0.39 is 0 Å². The van der Waals surface area contributed by atoms with Crippen molar-refractivity contribution < 1.29 is 0 Å². The van der Waals surface area contributed by atoms with Crippen molar-refractivity contribution in [3.8, 4) is 0 Å². The number of likely N-dealkylation sites (N-methyl/N-ethyl adjacent to an activating group) is 1. The first-order valence-corrected chi connectivity index (χ1v) is 8.20. The van der Waals surface area contributed by atoms with Crippen LogP contribution in [0.25, 0.3) is 0 Å². The van der Waals surface area contributed by atoms with Crippen LogP contribution in [-0.4, -0.2) is 30.3 Å². The SMILES string of the molecule is CC1CCC(N(C)CC(CS)c2ccccc2)CC1. The molecule has 1 saturated carbocycles. The highest BCUT2D eigenvalue weighted by Gasteiger charge is 2.23. The third kappa shape index (κ3) is 4.25. The van der Waals surface area contributed by atoms with Crippen LogP contribution in [-0.2, 0) is 0 Å². The lowest BCUT2D eigenvalue weighted by Gasteiger charge is -2.35. The number of nitrogens with zero attached hydrogens (tertiary/aromatic N) is 1. The molecule has 0 radical (unpaired) electrons. The van der Waals surface area contributed by atoms with Crippen molar-refractivity contribution in [1.82, 2.24) is 4.90 Å². The summed E-state index contributed by atoms with van der Waals surface area (Å²) in [6.07, 6.45) is 5.52.